The Morgan fingerprint density at radius 3 is 2.57 bits per heavy atom. The lowest BCUT2D eigenvalue weighted by Crippen LogP contribution is -2.46. The highest BCUT2D eigenvalue weighted by atomic mass is 16.5. The van der Waals surface area contributed by atoms with Gasteiger partial charge in [0.1, 0.15) is 11.4 Å². The maximum atomic E-state index is 12.0. The van der Waals surface area contributed by atoms with E-state index in [1.807, 2.05) is 13.8 Å². The molecule has 0 spiro atoms. The van der Waals surface area contributed by atoms with Crippen molar-refractivity contribution in [2.45, 2.75) is 72.0 Å². The molecule has 0 saturated heterocycles. The summed E-state index contributed by atoms with van der Waals surface area (Å²) in [6, 6.07) is 2.92. The first kappa shape index (κ1) is 20.7. The van der Waals surface area contributed by atoms with E-state index in [2.05, 4.69) is 39.0 Å². The van der Waals surface area contributed by atoms with Crippen molar-refractivity contribution < 1.29 is 14.9 Å². The number of ether oxygens (including phenoxy) is 1. The van der Waals surface area contributed by atoms with E-state index in [1.54, 1.807) is 0 Å². The third-order valence-electron chi connectivity index (χ3n) is 6.37. The smallest absolute Gasteiger partial charge is 0.220 e. The minimum absolute atomic E-state index is 0.00249. The molecule has 28 heavy (non-hydrogen) atoms. The number of allylic oxidation sites excluding steroid dienone is 2. The second-order valence-electron chi connectivity index (χ2n) is 9.38. The van der Waals surface area contributed by atoms with E-state index in [4.69, 9.17) is 4.74 Å². The van der Waals surface area contributed by atoms with E-state index < -0.39 is 17.1 Å². The highest BCUT2D eigenvalue weighted by Crippen LogP contribution is 2.43. The van der Waals surface area contributed by atoms with Gasteiger partial charge in [0.15, 0.2) is 5.75 Å². The van der Waals surface area contributed by atoms with Crippen LogP contribution in [0.4, 0.5) is 0 Å². The Morgan fingerprint density at radius 1 is 1.14 bits per heavy atom. The van der Waals surface area contributed by atoms with Crippen LogP contribution in [0.2, 0.25) is 0 Å². The van der Waals surface area contributed by atoms with Crippen LogP contribution < -0.4 is 10.2 Å². The van der Waals surface area contributed by atoms with Gasteiger partial charge in [0.25, 0.3) is 0 Å². The molecule has 0 bridgehead atoms. The molecule has 0 radical (unpaired) electrons. The summed E-state index contributed by atoms with van der Waals surface area (Å²) in [4.78, 5) is 12.0. The summed E-state index contributed by atoms with van der Waals surface area (Å²) in [6.45, 7) is 10.3. The SMILES string of the molecule is C/C1=C\CC(C)(C)/C=C/C[C@@]2(C)Oc3cc(O)c(=O)cc(C)c3C[C@@H]2C[C@H]1O. The predicted octanol–water partition coefficient (Wildman–Crippen LogP) is 4.44. The molecule has 1 heterocycles. The normalized spacial score (nSPS) is 32.6. The van der Waals surface area contributed by atoms with Crippen molar-refractivity contribution >= 4 is 0 Å². The molecule has 0 aromatic heterocycles. The lowest BCUT2D eigenvalue weighted by atomic mass is 9.75. The second-order valence-corrected chi connectivity index (χ2v) is 9.38. The van der Waals surface area contributed by atoms with Gasteiger partial charge in [0.2, 0.25) is 5.43 Å². The highest BCUT2D eigenvalue weighted by molar-refractivity contribution is 5.45. The Hall–Kier alpha value is -2.07. The van der Waals surface area contributed by atoms with Gasteiger partial charge in [0.05, 0.1) is 6.10 Å². The van der Waals surface area contributed by atoms with Crippen LogP contribution in [0.1, 0.15) is 58.1 Å². The van der Waals surface area contributed by atoms with Gasteiger partial charge in [-0.1, -0.05) is 32.1 Å². The van der Waals surface area contributed by atoms with Crippen LogP contribution in [-0.4, -0.2) is 21.9 Å². The topological polar surface area (TPSA) is 66.8 Å². The standard InChI is InChI=1S/C24H32O4/c1-15-7-10-23(3,4)8-6-9-24(5)17(13-19(15)25)12-18-16(2)11-20(26)21(27)14-22(18)28-24/h6-8,11,14,17,19,25H,9-10,12-13H2,1-5H3,(H,26,27)/b8-6+,15-7+/t17-,19-,24-/m1/s1. The summed E-state index contributed by atoms with van der Waals surface area (Å²) in [7, 11) is 0. The summed E-state index contributed by atoms with van der Waals surface area (Å²) < 4.78 is 6.44. The maximum absolute atomic E-state index is 12.0. The van der Waals surface area contributed by atoms with Crippen LogP contribution in [0.3, 0.4) is 0 Å². The van der Waals surface area contributed by atoms with E-state index >= 15 is 0 Å². The summed E-state index contributed by atoms with van der Waals surface area (Å²) >= 11 is 0. The molecule has 2 aliphatic rings. The van der Waals surface area contributed by atoms with E-state index in [0.717, 1.165) is 23.1 Å². The molecule has 1 aromatic carbocycles. The van der Waals surface area contributed by atoms with Crippen LogP contribution in [0.5, 0.6) is 11.5 Å². The van der Waals surface area contributed by atoms with Gasteiger partial charge in [-0.05, 0) is 68.2 Å². The summed E-state index contributed by atoms with van der Waals surface area (Å²) in [5, 5.41) is 20.9. The molecule has 152 valence electrons. The second kappa shape index (κ2) is 7.40. The first-order valence-electron chi connectivity index (χ1n) is 10.1. The molecular weight excluding hydrogens is 352 g/mol. The predicted molar refractivity (Wildman–Crippen MR) is 112 cm³/mol. The molecular formula is C24H32O4. The van der Waals surface area contributed by atoms with E-state index in [1.165, 1.54) is 12.1 Å². The number of aromatic hydroxyl groups is 1. The maximum Gasteiger partial charge on any atom is 0.220 e. The van der Waals surface area contributed by atoms with Gasteiger partial charge in [0, 0.05) is 18.4 Å². The van der Waals surface area contributed by atoms with Crippen molar-refractivity contribution in [2.75, 3.05) is 0 Å². The number of rotatable bonds is 0. The van der Waals surface area contributed by atoms with E-state index in [9.17, 15) is 15.0 Å². The van der Waals surface area contributed by atoms with Crippen molar-refractivity contribution in [3.8, 4) is 11.5 Å². The zero-order valence-corrected chi connectivity index (χ0v) is 17.6. The third-order valence-corrected chi connectivity index (χ3v) is 6.37. The molecule has 1 aliphatic carbocycles. The Kier molecular flexibility index (Phi) is 5.46. The molecule has 1 aromatic rings. The van der Waals surface area contributed by atoms with Crippen LogP contribution in [0.25, 0.3) is 0 Å². The van der Waals surface area contributed by atoms with Crippen molar-refractivity contribution in [1.82, 2.24) is 0 Å². The minimum Gasteiger partial charge on any atom is -0.504 e. The first-order valence-corrected chi connectivity index (χ1v) is 10.1. The number of aliphatic hydroxyl groups is 1. The van der Waals surface area contributed by atoms with Crippen LogP contribution in [0.15, 0.2) is 40.7 Å². The molecule has 0 amide bonds. The quantitative estimate of drug-likeness (QED) is 0.649. The summed E-state index contributed by atoms with van der Waals surface area (Å²) in [5.41, 5.74) is 1.82. The fourth-order valence-corrected chi connectivity index (χ4v) is 4.22. The Labute approximate surface area is 167 Å². The fourth-order valence-electron chi connectivity index (χ4n) is 4.22. The number of aryl methyl sites for hydroxylation is 1. The number of aliphatic hydroxyl groups excluding tert-OH is 1. The third kappa shape index (κ3) is 4.17. The Bertz CT molecular complexity index is 881. The highest BCUT2D eigenvalue weighted by Gasteiger charge is 2.42. The summed E-state index contributed by atoms with van der Waals surface area (Å²) in [5.74, 6) is 0.362. The lowest BCUT2D eigenvalue weighted by Gasteiger charge is -2.43. The van der Waals surface area contributed by atoms with Crippen LogP contribution >= 0.6 is 0 Å². The molecule has 0 unspecified atom stereocenters. The molecule has 0 saturated carbocycles. The molecule has 4 nitrogen and oxygen atoms in total. The monoisotopic (exact) mass is 384 g/mol. The molecule has 2 N–H and O–H groups in total. The van der Waals surface area contributed by atoms with Gasteiger partial charge >= 0.3 is 0 Å². The van der Waals surface area contributed by atoms with Gasteiger partial charge in [-0.15, -0.1) is 0 Å². The van der Waals surface area contributed by atoms with Crippen molar-refractivity contribution in [1.29, 1.82) is 0 Å². The van der Waals surface area contributed by atoms with E-state index in [0.29, 0.717) is 25.0 Å². The number of fused-ring (bicyclic) bond motifs is 2. The first-order chi connectivity index (χ1) is 13.0. The summed E-state index contributed by atoms with van der Waals surface area (Å²) in [6.07, 6.45) is 8.89. The van der Waals surface area contributed by atoms with Crippen LogP contribution in [0, 0.1) is 18.3 Å². The zero-order chi connectivity index (χ0) is 20.7. The van der Waals surface area contributed by atoms with Crippen molar-refractivity contribution in [3.63, 3.8) is 0 Å². The minimum atomic E-state index is -0.526. The molecule has 0 fully saturated rings. The Morgan fingerprint density at radius 2 is 1.86 bits per heavy atom. The largest absolute Gasteiger partial charge is 0.504 e. The number of hydrogen-bond donors (Lipinski definition) is 2. The van der Waals surface area contributed by atoms with Crippen LogP contribution in [-0.2, 0) is 6.42 Å². The van der Waals surface area contributed by atoms with Gasteiger partial charge in [-0.2, -0.15) is 0 Å². The van der Waals surface area contributed by atoms with Gasteiger partial charge in [-0.3, -0.25) is 4.79 Å². The van der Waals surface area contributed by atoms with E-state index in [-0.39, 0.29) is 17.1 Å². The van der Waals surface area contributed by atoms with Gasteiger partial charge < -0.3 is 14.9 Å². The molecule has 4 heteroatoms. The molecule has 3 rings (SSSR count). The number of hydrogen-bond acceptors (Lipinski definition) is 4. The lowest BCUT2D eigenvalue weighted by molar-refractivity contribution is -0.00744. The fraction of sp³-hybridized carbons (Fsp3) is 0.542. The molecule has 1 aliphatic heterocycles. The Balaban J connectivity index is 2.09. The molecule has 3 atom stereocenters. The average molecular weight is 385 g/mol. The van der Waals surface area contributed by atoms with Gasteiger partial charge in [-0.25, -0.2) is 0 Å². The van der Waals surface area contributed by atoms with Crippen molar-refractivity contribution in [2.24, 2.45) is 11.3 Å². The average Bonchev–Trinajstić information content (AvgIpc) is 2.70. The van der Waals surface area contributed by atoms with Crippen molar-refractivity contribution in [3.05, 3.63) is 57.3 Å². The zero-order valence-electron chi connectivity index (χ0n) is 17.6.